The van der Waals surface area contributed by atoms with Crippen LogP contribution in [0.5, 0.6) is 0 Å². The first-order valence-corrected chi connectivity index (χ1v) is 11.4. The number of hydrogen-bond donors (Lipinski definition) is 1. The quantitative estimate of drug-likeness (QED) is 0.628. The molecule has 31 heavy (non-hydrogen) atoms. The second-order valence-electron chi connectivity index (χ2n) is 7.52. The van der Waals surface area contributed by atoms with Crippen LogP contribution in [0.2, 0.25) is 0 Å². The van der Waals surface area contributed by atoms with Crippen molar-refractivity contribution in [1.82, 2.24) is 9.78 Å². The van der Waals surface area contributed by atoms with Crippen molar-refractivity contribution in [3.8, 4) is 5.69 Å². The Bertz CT molecular complexity index is 1110. The Hall–Kier alpha value is -2.90. The second kappa shape index (κ2) is 9.94. The van der Waals surface area contributed by atoms with E-state index in [1.807, 2.05) is 60.3 Å². The molecule has 6 nitrogen and oxygen atoms in total. The molecule has 1 saturated heterocycles. The van der Waals surface area contributed by atoms with Gasteiger partial charge in [-0.1, -0.05) is 30.3 Å². The first-order valence-electron chi connectivity index (χ1n) is 10.4. The number of nitrogens with zero attached hydrogens (tertiary/aromatic N) is 2. The van der Waals surface area contributed by atoms with E-state index in [1.54, 1.807) is 11.6 Å². The molecule has 0 radical (unpaired) electrons. The summed E-state index contributed by atoms with van der Waals surface area (Å²) >= 11 is 1.92. The minimum absolute atomic E-state index is 0.128. The molecule has 1 aromatic heterocycles. The number of benzene rings is 2. The number of aromatic nitrogens is 2. The molecule has 1 aliphatic heterocycles. The average molecular weight is 436 g/mol. The fourth-order valence-electron chi connectivity index (χ4n) is 3.52. The van der Waals surface area contributed by atoms with Gasteiger partial charge in [0.1, 0.15) is 0 Å². The Morgan fingerprint density at radius 3 is 2.68 bits per heavy atom. The van der Waals surface area contributed by atoms with Crippen molar-refractivity contribution in [2.24, 2.45) is 0 Å². The molecular formula is C24H25N3O3S. The third-order valence-corrected chi connectivity index (χ3v) is 6.60. The smallest absolute Gasteiger partial charge is 0.280 e. The third kappa shape index (κ3) is 5.42. The van der Waals surface area contributed by atoms with Gasteiger partial charge in [-0.3, -0.25) is 9.59 Å². The van der Waals surface area contributed by atoms with Gasteiger partial charge in [0.2, 0.25) is 5.43 Å². The first kappa shape index (κ1) is 21.3. The van der Waals surface area contributed by atoms with Gasteiger partial charge in [-0.05, 0) is 49.6 Å². The van der Waals surface area contributed by atoms with E-state index in [4.69, 9.17) is 4.74 Å². The van der Waals surface area contributed by atoms with Gasteiger partial charge in [0.15, 0.2) is 5.69 Å². The van der Waals surface area contributed by atoms with E-state index in [0.29, 0.717) is 16.6 Å². The van der Waals surface area contributed by atoms with Crippen molar-refractivity contribution in [2.75, 3.05) is 18.5 Å². The Morgan fingerprint density at radius 2 is 1.90 bits per heavy atom. The Labute approximate surface area is 185 Å². The molecule has 2 heterocycles. The summed E-state index contributed by atoms with van der Waals surface area (Å²) in [6.45, 7) is 3.46. The predicted octanol–water partition coefficient (Wildman–Crippen LogP) is 4.21. The molecule has 7 heteroatoms. The minimum atomic E-state index is -0.510. The molecule has 1 N–H and O–H groups in total. The second-order valence-corrected chi connectivity index (χ2v) is 8.81. The van der Waals surface area contributed by atoms with Gasteiger partial charge < -0.3 is 10.1 Å². The number of carbonyl (C=O) groups is 1. The van der Waals surface area contributed by atoms with Crippen molar-refractivity contribution >= 4 is 23.4 Å². The third-order valence-electron chi connectivity index (χ3n) is 5.16. The molecule has 1 amide bonds. The fourth-order valence-corrected chi connectivity index (χ4v) is 4.65. The zero-order valence-corrected chi connectivity index (χ0v) is 18.2. The summed E-state index contributed by atoms with van der Waals surface area (Å²) in [5.41, 5.74) is 2.72. The summed E-state index contributed by atoms with van der Waals surface area (Å²) in [7, 11) is 0. The van der Waals surface area contributed by atoms with Crippen LogP contribution in [0.3, 0.4) is 0 Å². The van der Waals surface area contributed by atoms with Crippen molar-refractivity contribution in [3.63, 3.8) is 0 Å². The van der Waals surface area contributed by atoms with Crippen molar-refractivity contribution in [1.29, 1.82) is 0 Å². The van der Waals surface area contributed by atoms with E-state index in [2.05, 4.69) is 16.5 Å². The predicted molar refractivity (Wildman–Crippen MR) is 124 cm³/mol. The summed E-state index contributed by atoms with van der Waals surface area (Å²) < 4.78 is 7.02. The van der Waals surface area contributed by atoms with E-state index < -0.39 is 11.3 Å². The molecule has 2 aromatic carbocycles. The summed E-state index contributed by atoms with van der Waals surface area (Å²) in [6.07, 6.45) is 2.15. The highest BCUT2D eigenvalue weighted by Gasteiger charge is 2.17. The summed E-state index contributed by atoms with van der Waals surface area (Å²) in [5.74, 6) is 0.363. The highest BCUT2D eigenvalue weighted by molar-refractivity contribution is 7.99. The van der Waals surface area contributed by atoms with Crippen LogP contribution in [-0.4, -0.2) is 34.2 Å². The van der Waals surface area contributed by atoms with Gasteiger partial charge in [0.25, 0.3) is 5.91 Å². The van der Waals surface area contributed by atoms with Crippen LogP contribution in [0.15, 0.2) is 65.5 Å². The van der Waals surface area contributed by atoms with E-state index in [9.17, 15) is 9.59 Å². The number of rotatable bonds is 6. The van der Waals surface area contributed by atoms with Crippen LogP contribution in [0, 0.1) is 6.92 Å². The normalized spacial score (nSPS) is 14.4. The number of carbonyl (C=O) groups excluding carboxylic acids is 1. The van der Waals surface area contributed by atoms with E-state index >= 15 is 0 Å². The Kier molecular flexibility index (Phi) is 6.84. The highest BCUT2D eigenvalue weighted by atomic mass is 32.2. The highest BCUT2D eigenvalue weighted by Crippen LogP contribution is 2.26. The van der Waals surface area contributed by atoms with Gasteiger partial charge in [-0.2, -0.15) is 16.9 Å². The largest absolute Gasteiger partial charge is 0.381 e. The van der Waals surface area contributed by atoms with Crippen molar-refractivity contribution in [3.05, 3.63) is 87.8 Å². The first-order chi connectivity index (χ1) is 15.1. The maximum Gasteiger partial charge on any atom is 0.280 e. The summed E-state index contributed by atoms with van der Waals surface area (Å²) in [4.78, 5) is 25.3. The van der Waals surface area contributed by atoms with Gasteiger partial charge in [0.05, 0.1) is 5.69 Å². The molecule has 0 saturated carbocycles. The molecule has 0 atom stereocenters. The van der Waals surface area contributed by atoms with E-state index in [1.165, 1.54) is 6.07 Å². The molecule has 160 valence electrons. The summed E-state index contributed by atoms with van der Waals surface area (Å²) in [6, 6.07) is 18.6. The maximum absolute atomic E-state index is 12.8. The lowest BCUT2D eigenvalue weighted by Gasteiger charge is -2.21. The lowest BCUT2D eigenvalue weighted by molar-refractivity contribution is 0.0999. The monoisotopic (exact) mass is 435 g/mol. The number of aryl methyl sites for hydroxylation is 1. The zero-order valence-electron chi connectivity index (χ0n) is 17.4. The molecule has 4 rings (SSSR count). The number of ether oxygens (including phenoxy) is 1. The maximum atomic E-state index is 12.8. The van der Waals surface area contributed by atoms with Gasteiger partial charge in [0, 0.05) is 41.7 Å². The van der Waals surface area contributed by atoms with Crippen molar-refractivity contribution < 1.29 is 9.53 Å². The number of nitrogens with one attached hydrogen (secondary N) is 1. The van der Waals surface area contributed by atoms with Gasteiger partial charge in [-0.25, -0.2) is 4.68 Å². The van der Waals surface area contributed by atoms with Crippen LogP contribution in [0.25, 0.3) is 5.69 Å². The van der Waals surface area contributed by atoms with Crippen LogP contribution in [-0.2, 0) is 10.5 Å². The zero-order chi connectivity index (χ0) is 21.6. The van der Waals surface area contributed by atoms with Crippen LogP contribution in [0.1, 0.15) is 34.6 Å². The number of anilines is 1. The Morgan fingerprint density at radius 1 is 1.13 bits per heavy atom. The molecule has 0 unspecified atom stereocenters. The van der Waals surface area contributed by atoms with Gasteiger partial charge >= 0.3 is 0 Å². The molecule has 1 fully saturated rings. The van der Waals surface area contributed by atoms with Crippen molar-refractivity contribution in [2.45, 2.75) is 30.8 Å². The molecule has 0 bridgehead atoms. The van der Waals surface area contributed by atoms with Crippen LogP contribution in [0.4, 0.5) is 5.69 Å². The Balaban J connectivity index is 1.49. The standard InChI is InChI=1S/C24H25N3O3S/c1-17-14-22(28)23(26-27(17)20-8-3-2-4-9-20)24(29)25-19-7-5-6-18(15-19)16-31-21-10-12-30-13-11-21/h2-9,14-15,21H,10-13,16H2,1H3,(H,25,29). The minimum Gasteiger partial charge on any atom is -0.381 e. The molecule has 3 aromatic rings. The topological polar surface area (TPSA) is 73.2 Å². The fraction of sp³-hybridized carbons (Fsp3) is 0.292. The lowest BCUT2D eigenvalue weighted by Crippen LogP contribution is -2.26. The molecular weight excluding hydrogens is 410 g/mol. The number of para-hydroxylation sites is 1. The SMILES string of the molecule is Cc1cc(=O)c(C(=O)Nc2cccc(CSC3CCOCC3)c2)nn1-c1ccccc1. The number of amides is 1. The van der Waals surface area contributed by atoms with Crippen LogP contribution >= 0.6 is 11.8 Å². The van der Waals surface area contributed by atoms with E-state index in [-0.39, 0.29) is 5.69 Å². The average Bonchev–Trinajstić information content (AvgIpc) is 2.79. The van der Waals surface area contributed by atoms with Gasteiger partial charge in [-0.15, -0.1) is 0 Å². The number of thioether (sulfide) groups is 1. The number of hydrogen-bond acceptors (Lipinski definition) is 5. The summed E-state index contributed by atoms with van der Waals surface area (Å²) in [5, 5.41) is 7.78. The molecule has 0 spiro atoms. The molecule has 0 aliphatic carbocycles. The lowest BCUT2D eigenvalue weighted by atomic mass is 10.2. The van der Waals surface area contributed by atoms with E-state index in [0.717, 1.165) is 43.1 Å². The van der Waals surface area contributed by atoms with Crippen LogP contribution < -0.4 is 10.7 Å². The molecule has 1 aliphatic rings.